The van der Waals surface area contributed by atoms with Gasteiger partial charge in [-0.2, -0.15) is 0 Å². The van der Waals surface area contributed by atoms with Gasteiger partial charge in [-0.25, -0.2) is 9.97 Å². The molecule has 0 bridgehead atoms. The molecular formula is C13H20ClN7. The van der Waals surface area contributed by atoms with Crippen LogP contribution in [0.5, 0.6) is 0 Å². The summed E-state index contributed by atoms with van der Waals surface area (Å²) < 4.78 is 1.91. The van der Waals surface area contributed by atoms with Gasteiger partial charge < -0.3 is 15.6 Å². The Bertz CT molecular complexity index is 625. The van der Waals surface area contributed by atoms with Gasteiger partial charge in [-0.15, -0.1) is 10.2 Å². The number of aromatic nitrogens is 5. The summed E-state index contributed by atoms with van der Waals surface area (Å²) in [6.07, 6.45) is 1.47. The Labute approximate surface area is 129 Å². The largest absolute Gasteiger partial charge is 0.368 e. The number of rotatable bonds is 5. The number of halogens is 1. The molecule has 0 saturated heterocycles. The Balaban J connectivity index is 2.39. The minimum absolute atomic E-state index is 0.163. The van der Waals surface area contributed by atoms with Gasteiger partial charge in [0.15, 0.2) is 5.82 Å². The minimum Gasteiger partial charge on any atom is -0.368 e. The Morgan fingerprint density at radius 2 is 2.10 bits per heavy atom. The molecule has 7 nitrogen and oxygen atoms in total. The average Bonchev–Trinajstić information content (AvgIpc) is 2.82. The zero-order chi connectivity index (χ0) is 15.6. The van der Waals surface area contributed by atoms with Gasteiger partial charge >= 0.3 is 0 Å². The summed E-state index contributed by atoms with van der Waals surface area (Å²) in [5.74, 6) is 2.32. The fourth-order valence-corrected chi connectivity index (χ4v) is 2.41. The summed E-state index contributed by atoms with van der Waals surface area (Å²) in [7, 11) is 3.84. The Kier molecular flexibility index (Phi) is 4.74. The van der Waals surface area contributed by atoms with Crippen LogP contribution in [0.4, 0.5) is 5.95 Å². The summed E-state index contributed by atoms with van der Waals surface area (Å²) in [5.41, 5.74) is 6.12. The van der Waals surface area contributed by atoms with Gasteiger partial charge in [0, 0.05) is 13.0 Å². The molecule has 2 atom stereocenters. The van der Waals surface area contributed by atoms with Gasteiger partial charge in [0.1, 0.15) is 11.5 Å². The van der Waals surface area contributed by atoms with Gasteiger partial charge in [0.25, 0.3) is 0 Å². The first-order valence-corrected chi connectivity index (χ1v) is 7.15. The highest BCUT2D eigenvalue weighted by atomic mass is 35.5. The molecule has 0 amide bonds. The summed E-state index contributed by atoms with van der Waals surface area (Å²) in [6, 6.07) is 0. The Morgan fingerprint density at radius 3 is 2.76 bits per heavy atom. The third kappa shape index (κ3) is 3.14. The van der Waals surface area contributed by atoms with Gasteiger partial charge in [-0.05, 0) is 19.5 Å². The first-order valence-electron chi connectivity index (χ1n) is 6.78. The molecule has 21 heavy (non-hydrogen) atoms. The molecule has 3 N–H and O–H groups in total. The second-order valence-electron chi connectivity index (χ2n) is 5.19. The van der Waals surface area contributed by atoms with Crippen molar-refractivity contribution in [1.82, 2.24) is 30.0 Å². The van der Waals surface area contributed by atoms with Crippen molar-refractivity contribution in [2.45, 2.75) is 19.8 Å². The van der Waals surface area contributed by atoms with Crippen LogP contribution in [0.25, 0.3) is 11.5 Å². The SMILES string of the molecule is CNCC(C)C(C)c1nnc(-c2nc(N)ncc2Cl)n1C. The predicted octanol–water partition coefficient (Wildman–Crippen LogP) is 1.47. The number of nitrogens with zero attached hydrogens (tertiary/aromatic N) is 5. The monoisotopic (exact) mass is 309 g/mol. The second kappa shape index (κ2) is 6.36. The summed E-state index contributed by atoms with van der Waals surface area (Å²) in [5, 5.41) is 12.1. The van der Waals surface area contributed by atoms with Crippen LogP contribution in [0.3, 0.4) is 0 Å². The van der Waals surface area contributed by atoms with E-state index in [1.165, 1.54) is 6.20 Å². The molecule has 0 saturated carbocycles. The van der Waals surface area contributed by atoms with Gasteiger partial charge in [0.05, 0.1) is 11.2 Å². The van der Waals surface area contributed by atoms with Gasteiger partial charge in [0.2, 0.25) is 5.95 Å². The number of nitrogens with two attached hydrogens (primary N) is 1. The van der Waals surface area contributed by atoms with E-state index >= 15 is 0 Å². The minimum atomic E-state index is 0.163. The molecule has 114 valence electrons. The predicted molar refractivity (Wildman–Crippen MR) is 83.0 cm³/mol. The summed E-state index contributed by atoms with van der Waals surface area (Å²) in [6.45, 7) is 5.21. The van der Waals surface area contributed by atoms with E-state index in [0.29, 0.717) is 22.5 Å². The fraction of sp³-hybridized carbons (Fsp3) is 0.538. The second-order valence-corrected chi connectivity index (χ2v) is 5.60. The fourth-order valence-electron chi connectivity index (χ4n) is 2.23. The quantitative estimate of drug-likeness (QED) is 0.868. The van der Waals surface area contributed by atoms with Gasteiger partial charge in [-0.1, -0.05) is 25.4 Å². The van der Waals surface area contributed by atoms with Crippen LogP contribution in [0, 0.1) is 5.92 Å². The lowest BCUT2D eigenvalue weighted by molar-refractivity contribution is 0.441. The lowest BCUT2D eigenvalue weighted by Crippen LogP contribution is -2.22. The first kappa shape index (κ1) is 15.7. The Morgan fingerprint density at radius 1 is 1.38 bits per heavy atom. The molecule has 2 aromatic rings. The number of hydrogen-bond acceptors (Lipinski definition) is 6. The van der Waals surface area contributed by atoms with E-state index in [9.17, 15) is 0 Å². The normalized spacial score (nSPS) is 14.1. The van der Waals surface area contributed by atoms with Crippen molar-refractivity contribution >= 4 is 17.5 Å². The van der Waals surface area contributed by atoms with E-state index < -0.39 is 0 Å². The molecule has 0 fully saturated rings. The molecule has 0 spiro atoms. The van der Waals surface area contributed by atoms with Crippen LogP contribution in [0.2, 0.25) is 5.02 Å². The molecule has 2 aromatic heterocycles. The van der Waals surface area contributed by atoms with E-state index in [1.54, 1.807) is 0 Å². The van der Waals surface area contributed by atoms with Crippen LogP contribution >= 0.6 is 11.6 Å². The van der Waals surface area contributed by atoms with Crippen LogP contribution in [-0.4, -0.2) is 38.3 Å². The first-order chi connectivity index (χ1) is 9.95. The van der Waals surface area contributed by atoms with Crippen molar-refractivity contribution in [3.8, 4) is 11.5 Å². The van der Waals surface area contributed by atoms with Crippen molar-refractivity contribution in [2.24, 2.45) is 13.0 Å². The Hall–Kier alpha value is -1.73. The molecular weight excluding hydrogens is 290 g/mol. The maximum absolute atomic E-state index is 6.13. The van der Waals surface area contributed by atoms with Gasteiger partial charge in [-0.3, -0.25) is 0 Å². The molecule has 0 aliphatic heterocycles. The molecule has 0 aliphatic rings. The number of nitrogens with one attached hydrogen (secondary N) is 1. The molecule has 0 radical (unpaired) electrons. The van der Waals surface area contributed by atoms with Crippen molar-refractivity contribution in [3.63, 3.8) is 0 Å². The van der Waals surface area contributed by atoms with Crippen molar-refractivity contribution in [1.29, 1.82) is 0 Å². The van der Waals surface area contributed by atoms with E-state index in [-0.39, 0.29) is 11.9 Å². The highest BCUT2D eigenvalue weighted by Gasteiger charge is 2.22. The highest BCUT2D eigenvalue weighted by Crippen LogP contribution is 2.28. The van der Waals surface area contributed by atoms with Crippen LogP contribution in [-0.2, 0) is 7.05 Å². The van der Waals surface area contributed by atoms with Crippen molar-refractivity contribution in [3.05, 3.63) is 17.0 Å². The third-order valence-electron chi connectivity index (χ3n) is 3.67. The van der Waals surface area contributed by atoms with E-state index in [2.05, 4.69) is 39.3 Å². The average molecular weight is 310 g/mol. The molecule has 8 heteroatoms. The zero-order valence-corrected chi connectivity index (χ0v) is 13.4. The van der Waals surface area contributed by atoms with Crippen LogP contribution in [0.15, 0.2) is 6.20 Å². The molecule has 2 unspecified atom stereocenters. The van der Waals surface area contributed by atoms with Crippen LogP contribution in [0.1, 0.15) is 25.6 Å². The lowest BCUT2D eigenvalue weighted by atomic mass is 9.95. The summed E-state index contributed by atoms with van der Waals surface area (Å²) >= 11 is 6.13. The molecule has 2 heterocycles. The maximum atomic E-state index is 6.13. The standard InChI is InChI=1S/C13H20ClN7/c1-7(5-16-3)8(2)11-19-20-12(21(11)4)10-9(14)6-17-13(15)18-10/h6-8,16H,5H2,1-4H3,(H2,15,17,18). The van der Waals surface area contributed by atoms with Crippen molar-refractivity contribution in [2.75, 3.05) is 19.3 Å². The topological polar surface area (TPSA) is 94.5 Å². The zero-order valence-electron chi connectivity index (χ0n) is 12.6. The third-order valence-corrected chi connectivity index (χ3v) is 3.95. The smallest absolute Gasteiger partial charge is 0.220 e. The molecule has 0 aromatic carbocycles. The van der Waals surface area contributed by atoms with Crippen molar-refractivity contribution < 1.29 is 0 Å². The van der Waals surface area contributed by atoms with E-state index in [0.717, 1.165) is 12.4 Å². The number of anilines is 1. The molecule has 0 aliphatic carbocycles. The van der Waals surface area contributed by atoms with E-state index in [4.69, 9.17) is 17.3 Å². The summed E-state index contributed by atoms with van der Waals surface area (Å²) in [4.78, 5) is 8.01. The highest BCUT2D eigenvalue weighted by molar-refractivity contribution is 6.32. The van der Waals surface area contributed by atoms with Crippen LogP contribution < -0.4 is 11.1 Å². The lowest BCUT2D eigenvalue weighted by Gasteiger charge is -2.18. The number of hydrogen-bond donors (Lipinski definition) is 2. The van der Waals surface area contributed by atoms with E-state index in [1.807, 2.05) is 18.7 Å². The molecule has 2 rings (SSSR count). The maximum Gasteiger partial charge on any atom is 0.220 e. The number of nitrogen functional groups attached to an aromatic ring is 1.